The summed E-state index contributed by atoms with van der Waals surface area (Å²) in [5, 5.41) is 0. The molecule has 0 spiro atoms. The van der Waals surface area contributed by atoms with Crippen LogP contribution in [0.25, 0.3) is 27.8 Å². The van der Waals surface area contributed by atoms with E-state index in [-0.39, 0.29) is 0 Å². The quantitative estimate of drug-likeness (QED) is 0.572. The van der Waals surface area contributed by atoms with Crippen LogP contribution < -0.4 is 5.73 Å². The van der Waals surface area contributed by atoms with Crippen molar-refractivity contribution in [3.8, 4) is 11.3 Å². The molecule has 0 aliphatic heterocycles. The van der Waals surface area contributed by atoms with Gasteiger partial charge in [0.2, 0.25) is 0 Å². The Hall–Kier alpha value is -2.88. The summed E-state index contributed by atoms with van der Waals surface area (Å²) in [6, 6.07) is 16.0. The van der Waals surface area contributed by atoms with Crippen LogP contribution >= 0.6 is 0 Å². The van der Waals surface area contributed by atoms with Crippen LogP contribution in [0.5, 0.6) is 0 Å². The van der Waals surface area contributed by atoms with Crippen LogP contribution in [0.4, 0.5) is 5.82 Å². The van der Waals surface area contributed by atoms with Gasteiger partial charge in [0.1, 0.15) is 5.82 Å². The Morgan fingerprint density at radius 3 is 2.65 bits per heavy atom. The number of pyridine rings is 1. The Morgan fingerprint density at radius 2 is 1.75 bits per heavy atom. The molecule has 0 saturated heterocycles. The lowest BCUT2D eigenvalue weighted by Gasteiger charge is -2.09. The summed E-state index contributed by atoms with van der Waals surface area (Å²) in [5.41, 5.74) is 10.8. The molecule has 1 aromatic carbocycles. The molecule has 4 aromatic rings. The Labute approximate surface area is 115 Å². The van der Waals surface area contributed by atoms with Crippen molar-refractivity contribution in [1.82, 2.24) is 14.4 Å². The third-order valence-electron chi connectivity index (χ3n) is 3.46. The van der Waals surface area contributed by atoms with Crippen molar-refractivity contribution >= 4 is 22.4 Å². The number of hydrogen-bond acceptors (Lipinski definition) is 3. The smallest absolute Gasteiger partial charge is 0.132 e. The molecule has 0 unspecified atom stereocenters. The molecule has 4 heteroatoms. The van der Waals surface area contributed by atoms with E-state index in [1.54, 1.807) is 6.20 Å². The van der Waals surface area contributed by atoms with E-state index in [1.165, 1.54) is 0 Å². The fraction of sp³-hybridized carbons (Fsp3) is 0. The number of aromatic nitrogens is 3. The molecule has 96 valence electrons. The third kappa shape index (κ3) is 1.48. The molecule has 0 aliphatic rings. The predicted molar refractivity (Wildman–Crippen MR) is 80.3 cm³/mol. The molecule has 3 heterocycles. The molecule has 0 saturated carbocycles. The van der Waals surface area contributed by atoms with E-state index in [0.29, 0.717) is 5.82 Å². The largest absolute Gasteiger partial charge is 0.383 e. The van der Waals surface area contributed by atoms with Crippen LogP contribution in [0.1, 0.15) is 0 Å². The molecule has 3 aromatic heterocycles. The maximum absolute atomic E-state index is 6.00. The van der Waals surface area contributed by atoms with E-state index in [4.69, 9.17) is 10.7 Å². The molecule has 0 amide bonds. The molecular formula is C16H12N4. The molecule has 0 bridgehead atoms. The van der Waals surface area contributed by atoms with Crippen molar-refractivity contribution in [1.29, 1.82) is 0 Å². The van der Waals surface area contributed by atoms with E-state index in [0.717, 1.165) is 27.8 Å². The van der Waals surface area contributed by atoms with Crippen molar-refractivity contribution in [3.05, 3.63) is 60.9 Å². The van der Waals surface area contributed by atoms with Crippen LogP contribution in [0.2, 0.25) is 0 Å². The third-order valence-corrected chi connectivity index (χ3v) is 3.46. The molecule has 0 atom stereocenters. The van der Waals surface area contributed by atoms with E-state index >= 15 is 0 Å². The molecule has 0 aliphatic carbocycles. The van der Waals surface area contributed by atoms with Gasteiger partial charge in [0.15, 0.2) is 0 Å². The SMILES string of the molecule is Nc1ncccc1-c1nc2ccccc2n2cccc12. The van der Waals surface area contributed by atoms with Crippen molar-refractivity contribution < 1.29 is 0 Å². The van der Waals surface area contributed by atoms with E-state index in [2.05, 4.69) is 15.5 Å². The molecule has 4 nitrogen and oxygen atoms in total. The predicted octanol–water partition coefficient (Wildman–Crippen LogP) is 3.13. The average Bonchev–Trinajstić information content (AvgIpc) is 2.97. The Kier molecular flexibility index (Phi) is 2.23. The van der Waals surface area contributed by atoms with Gasteiger partial charge in [-0.3, -0.25) is 0 Å². The van der Waals surface area contributed by atoms with Gasteiger partial charge in [-0.25, -0.2) is 9.97 Å². The van der Waals surface area contributed by atoms with Crippen LogP contribution in [0, 0.1) is 0 Å². The summed E-state index contributed by atoms with van der Waals surface area (Å²) in [6.07, 6.45) is 3.73. The maximum Gasteiger partial charge on any atom is 0.132 e. The monoisotopic (exact) mass is 260 g/mol. The topological polar surface area (TPSA) is 56.2 Å². The summed E-state index contributed by atoms with van der Waals surface area (Å²) in [5.74, 6) is 0.499. The molecule has 20 heavy (non-hydrogen) atoms. The fourth-order valence-electron chi connectivity index (χ4n) is 2.54. The highest BCUT2D eigenvalue weighted by atomic mass is 14.9. The fourth-order valence-corrected chi connectivity index (χ4v) is 2.54. The molecule has 4 rings (SSSR count). The zero-order chi connectivity index (χ0) is 13.5. The second kappa shape index (κ2) is 4.06. The van der Waals surface area contributed by atoms with Gasteiger partial charge in [-0.05, 0) is 36.4 Å². The normalized spacial score (nSPS) is 11.2. The molecule has 0 fully saturated rings. The summed E-state index contributed by atoms with van der Waals surface area (Å²) < 4.78 is 2.13. The standard InChI is InChI=1S/C16H12N4/c17-16-11(5-3-9-18-16)15-14-8-4-10-20(14)13-7-2-1-6-12(13)19-15/h1-10H,(H2,17,18). The van der Waals surface area contributed by atoms with Gasteiger partial charge in [0, 0.05) is 18.0 Å². The van der Waals surface area contributed by atoms with Gasteiger partial charge < -0.3 is 10.1 Å². The second-order valence-corrected chi connectivity index (χ2v) is 4.65. The number of nitrogen functional groups attached to an aromatic ring is 1. The first-order valence-electron chi connectivity index (χ1n) is 6.41. The Morgan fingerprint density at radius 1 is 0.900 bits per heavy atom. The lowest BCUT2D eigenvalue weighted by molar-refractivity contribution is 1.22. The number of benzene rings is 1. The van der Waals surface area contributed by atoms with E-state index in [9.17, 15) is 0 Å². The minimum Gasteiger partial charge on any atom is -0.383 e. The number of para-hydroxylation sites is 2. The van der Waals surface area contributed by atoms with Crippen LogP contribution in [0.3, 0.4) is 0 Å². The number of nitrogens with zero attached hydrogens (tertiary/aromatic N) is 3. The number of fused-ring (bicyclic) bond motifs is 3. The van der Waals surface area contributed by atoms with Gasteiger partial charge in [-0.2, -0.15) is 0 Å². The van der Waals surface area contributed by atoms with Crippen molar-refractivity contribution in [2.24, 2.45) is 0 Å². The highest BCUT2D eigenvalue weighted by molar-refractivity contribution is 5.90. The van der Waals surface area contributed by atoms with Crippen LogP contribution in [-0.2, 0) is 0 Å². The van der Waals surface area contributed by atoms with Gasteiger partial charge in [0.25, 0.3) is 0 Å². The van der Waals surface area contributed by atoms with Gasteiger partial charge in [-0.15, -0.1) is 0 Å². The van der Waals surface area contributed by atoms with E-state index in [1.807, 2.05) is 48.7 Å². The number of hydrogen-bond donors (Lipinski definition) is 1. The van der Waals surface area contributed by atoms with Crippen LogP contribution in [-0.4, -0.2) is 14.4 Å². The number of rotatable bonds is 1. The number of nitrogens with two attached hydrogens (primary N) is 1. The lowest BCUT2D eigenvalue weighted by atomic mass is 10.1. The highest BCUT2D eigenvalue weighted by Gasteiger charge is 2.12. The number of anilines is 1. The van der Waals surface area contributed by atoms with E-state index < -0.39 is 0 Å². The summed E-state index contributed by atoms with van der Waals surface area (Å²) in [4.78, 5) is 8.92. The zero-order valence-electron chi connectivity index (χ0n) is 10.7. The second-order valence-electron chi connectivity index (χ2n) is 4.65. The first kappa shape index (κ1) is 11.0. The van der Waals surface area contributed by atoms with Crippen molar-refractivity contribution in [3.63, 3.8) is 0 Å². The Bertz CT molecular complexity index is 924. The average molecular weight is 260 g/mol. The first-order chi connectivity index (χ1) is 9.84. The summed E-state index contributed by atoms with van der Waals surface area (Å²) >= 11 is 0. The minimum absolute atomic E-state index is 0.499. The highest BCUT2D eigenvalue weighted by Crippen LogP contribution is 2.29. The minimum atomic E-state index is 0.499. The van der Waals surface area contributed by atoms with Gasteiger partial charge >= 0.3 is 0 Å². The van der Waals surface area contributed by atoms with Crippen molar-refractivity contribution in [2.45, 2.75) is 0 Å². The summed E-state index contributed by atoms with van der Waals surface area (Å²) in [6.45, 7) is 0. The lowest BCUT2D eigenvalue weighted by Crippen LogP contribution is -1.98. The van der Waals surface area contributed by atoms with Gasteiger partial charge in [-0.1, -0.05) is 12.1 Å². The van der Waals surface area contributed by atoms with Crippen molar-refractivity contribution in [2.75, 3.05) is 5.73 Å². The maximum atomic E-state index is 6.00. The molecular weight excluding hydrogens is 248 g/mol. The molecule has 2 N–H and O–H groups in total. The first-order valence-corrected chi connectivity index (χ1v) is 6.41. The summed E-state index contributed by atoms with van der Waals surface area (Å²) in [7, 11) is 0. The van der Waals surface area contributed by atoms with Gasteiger partial charge in [0.05, 0.1) is 22.2 Å². The Balaban J connectivity index is 2.17. The molecule has 0 radical (unpaired) electrons. The van der Waals surface area contributed by atoms with Crippen LogP contribution in [0.15, 0.2) is 60.9 Å². The zero-order valence-corrected chi connectivity index (χ0v) is 10.7.